The van der Waals surface area contributed by atoms with E-state index in [0.717, 1.165) is 16.7 Å². The Balaban J connectivity index is 3.23. The van der Waals surface area contributed by atoms with Crippen LogP contribution < -0.4 is 0 Å². The zero-order valence-corrected chi connectivity index (χ0v) is 9.02. The van der Waals surface area contributed by atoms with Gasteiger partial charge in [0.2, 0.25) is 0 Å². The van der Waals surface area contributed by atoms with Crippen molar-refractivity contribution in [3.63, 3.8) is 0 Å². The lowest BCUT2D eigenvalue weighted by atomic mass is 9.96. The van der Waals surface area contributed by atoms with Gasteiger partial charge in [-0.05, 0) is 43.0 Å². The summed E-state index contributed by atoms with van der Waals surface area (Å²) in [7, 11) is 0. The average molecular weight is 199 g/mol. The van der Waals surface area contributed by atoms with Gasteiger partial charge in [-0.15, -0.1) is 11.6 Å². The number of benzene rings is 1. The van der Waals surface area contributed by atoms with Gasteiger partial charge in [-0.3, -0.25) is 0 Å². The largest absolute Gasteiger partial charge is 0.389 e. The van der Waals surface area contributed by atoms with E-state index in [0.29, 0.717) is 5.88 Å². The van der Waals surface area contributed by atoms with Crippen LogP contribution in [0.5, 0.6) is 0 Å². The minimum atomic E-state index is -0.400. The molecule has 0 spiro atoms. The van der Waals surface area contributed by atoms with Crippen LogP contribution in [0.2, 0.25) is 0 Å². The molecule has 0 aliphatic carbocycles. The van der Waals surface area contributed by atoms with Crippen LogP contribution in [-0.4, -0.2) is 5.11 Å². The maximum absolute atomic E-state index is 9.46. The number of rotatable bonds is 2. The van der Waals surface area contributed by atoms with Crippen molar-refractivity contribution in [3.05, 3.63) is 34.4 Å². The molecule has 0 aromatic heterocycles. The number of alkyl halides is 1. The van der Waals surface area contributed by atoms with Crippen LogP contribution in [0.3, 0.4) is 0 Å². The third kappa shape index (κ3) is 2.04. The van der Waals surface area contributed by atoms with Gasteiger partial charge in [0.1, 0.15) is 0 Å². The summed E-state index contributed by atoms with van der Waals surface area (Å²) < 4.78 is 0. The van der Waals surface area contributed by atoms with Gasteiger partial charge in [-0.1, -0.05) is 12.1 Å². The minimum Gasteiger partial charge on any atom is -0.389 e. The fourth-order valence-electron chi connectivity index (χ4n) is 1.50. The Morgan fingerprint density at radius 2 is 1.92 bits per heavy atom. The average Bonchev–Trinajstić information content (AvgIpc) is 2.09. The van der Waals surface area contributed by atoms with E-state index in [9.17, 15) is 5.11 Å². The van der Waals surface area contributed by atoms with E-state index in [-0.39, 0.29) is 0 Å². The van der Waals surface area contributed by atoms with E-state index >= 15 is 0 Å². The van der Waals surface area contributed by atoms with Gasteiger partial charge in [-0.2, -0.15) is 0 Å². The van der Waals surface area contributed by atoms with Crippen LogP contribution in [0.4, 0.5) is 0 Å². The molecule has 1 aromatic carbocycles. The van der Waals surface area contributed by atoms with E-state index in [2.05, 4.69) is 0 Å². The predicted octanol–water partition coefficient (Wildman–Crippen LogP) is 3.10. The van der Waals surface area contributed by atoms with Crippen molar-refractivity contribution >= 4 is 11.6 Å². The van der Waals surface area contributed by atoms with Gasteiger partial charge in [0.25, 0.3) is 0 Å². The molecule has 1 aromatic rings. The van der Waals surface area contributed by atoms with E-state index in [4.69, 9.17) is 11.6 Å². The summed E-state index contributed by atoms with van der Waals surface area (Å²) in [6.45, 7) is 5.84. The molecule has 0 heterocycles. The fourth-order valence-corrected chi connectivity index (χ4v) is 1.78. The lowest BCUT2D eigenvalue weighted by molar-refractivity contribution is 0.198. The fraction of sp³-hybridized carbons (Fsp3) is 0.455. The van der Waals surface area contributed by atoms with Gasteiger partial charge >= 0.3 is 0 Å². The molecule has 2 heteroatoms. The zero-order valence-electron chi connectivity index (χ0n) is 8.26. The summed E-state index contributed by atoms with van der Waals surface area (Å²) >= 11 is 5.77. The van der Waals surface area contributed by atoms with E-state index in [1.807, 2.05) is 26.0 Å². The second-order valence-electron chi connectivity index (χ2n) is 3.37. The predicted molar refractivity (Wildman–Crippen MR) is 56.1 cm³/mol. The third-order valence-electron chi connectivity index (χ3n) is 2.54. The molecule has 1 nitrogen and oxygen atoms in total. The standard InChI is InChI=1S/C11H15ClO/c1-7-8(2)11(9(3)13)5-4-10(7)6-12/h4-5,9,13H,6H2,1-3H3. The normalized spacial score (nSPS) is 13.0. The summed E-state index contributed by atoms with van der Waals surface area (Å²) in [5.74, 6) is 0.534. The first kappa shape index (κ1) is 10.6. The van der Waals surface area contributed by atoms with Crippen molar-refractivity contribution in [2.24, 2.45) is 0 Å². The minimum absolute atomic E-state index is 0.400. The lowest BCUT2D eigenvalue weighted by Gasteiger charge is -2.13. The van der Waals surface area contributed by atoms with Crippen LogP contribution in [-0.2, 0) is 5.88 Å². The summed E-state index contributed by atoms with van der Waals surface area (Å²) in [5.41, 5.74) is 4.47. The number of aliphatic hydroxyl groups is 1. The molecule has 1 unspecified atom stereocenters. The zero-order chi connectivity index (χ0) is 10.0. The smallest absolute Gasteiger partial charge is 0.0764 e. The molecule has 0 saturated carbocycles. The Kier molecular flexibility index (Phi) is 3.34. The van der Waals surface area contributed by atoms with Gasteiger partial charge in [0, 0.05) is 5.88 Å². The topological polar surface area (TPSA) is 20.2 Å². The molecule has 0 saturated heterocycles. The van der Waals surface area contributed by atoms with Crippen LogP contribution in [0.1, 0.15) is 35.3 Å². The van der Waals surface area contributed by atoms with Crippen molar-refractivity contribution in [2.45, 2.75) is 32.8 Å². The van der Waals surface area contributed by atoms with Crippen LogP contribution >= 0.6 is 11.6 Å². The van der Waals surface area contributed by atoms with Crippen LogP contribution in [0.25, 0.3) is 0 Å². The van der Waals surface area contributed by atoms with Gasteiger partial charge in [-0.25, -0.2) is 0 Å². The summed E-state index contributed by atoms with van der Waals surface area (Å²) in [4.78, 5) is 0. The molecule has 1 rings (SSSR count). The summed E-state index contributed by atoms with van der Waals surface area (Å²) in [6, 6.07) is 3.93. The highest BCUT2D eigenvalue weighted by Crippen LogP contribution is 2.23. The molecule has 0 radical (unpaired) electrons. The second-order valence-corrected chi connectivity index (χ2v) is 3.64. The van der Waals surface area contributed by atoms with Crippen molar-refractivity contribution in [2.75, 3.05) is 0 Å². The Morgan fingerprint density at radius 3 is 2.38 bits per heavy atom. The van der Waals surface area contributed by atoms with Gasteiger partial charge in [0.05, 0.1) is 6.10 Å². The number of halogens is 1. The van der Waals surface area contributed by atoms with Crippen LogP contribution in [0.15, 0.2) is 12.1 Å². The Bertz CT molecular complexity index is 305. The molecule has 0 fully saturated rings. The molecule has 0 amide bonds. The monoisotopic (exact) mass is 198 g/mol. The molecular formula is C11H15ClO. The number of hydrogen-bond acceptors (Lipinski definition) is 1. The SMILES string of the molecule is Cc1c(CCl)ccc(C(C)O)c1C. The van der Waals surface area contributed by atoms with Crippen molar-refractivity contribution < 1.29 is 5.11 Å². The first-order chi connectivity index (χ1) is 6.07. The third-order valence-corrected chi connectivity index (χ3v) is 2.82. The number of aliphatic hydroxyl groups excluding tert-OH is 1. The van der Waals surface area contributed by atoms with Gasteiger partial charge < -0.3 is 5.11 Å². The summed E-state index contributed by atoms with van der Waals surface area (Å²) in [5, 5.41) is 9.46. The molecule has 13 heavy (non-hydrogen) atoms. The van der Waals surface area contributed by atoms with Gasteiger partial charge in [0.15, 0.2) is 0 Å². The molecule has 1 atom stereocenters. The van der Waals surface area contributed by atoms with E-state index in [1.165, 1.54) is 5.56 Å². The van der Waals surface area contributed by atoms with Crippen molar-refractivity contribution in [1.29, 1.82) is 0 Å². The van der Waals surface area contributed by atoms with Crippen molar-refractivity contribution in [3.8, 4) is 0 Å². The Labute approximate surface area is 84.4 Å². The second kappa shape index (κ2) is 4.12. The van der Waals surface area contributed by atoms with Crippen LogP contribution in [0, 0.1) is 13.8 Å². The number of hydrogen-bond donors (Lipinski definition) is 1. The molecule has 0 aliphatic heterocycles. The summed E-state index contributed by atoms with van der Waals surface area (Å²) in [6.07, 6.45) is -0.400. The highest BCUT2D eigenvalue weighted by Gasteiger charge is 2.08. The maximum Gasteiger partial charge on any atom is 0.0764 e. The molecule has 1 N–H and O–H groups in total. The highest BCUT2D eigenvalue weighted by atomic mass is 35.5. The highest BCUT2D eigenvalue weighted by molar-refractivity contribution is 6.17. The molecule has 72 valence electrons. The van der Waals surface area contributed by atoms with Crippen molar-refractivity contribution in [1.82, 2.24) is 0 Å². The first-order valence-electron chi connectivity index (χ1n) is 4.41. The lowest BCUT2D eigenvalue weighted by Crippen LogP contribution is -1.99. The molecule has 0 bridgehead atoms. The molecular weight excluding hydrogens is 184 g/mol. The maximum atomic E-state index is 9.46. The first-order valence-corrected chi connectivity index (χ1v) is 4.94. The van der Waals surface area contributed by atoms with E-state index in [1.54, 1.807) is 6.92 Å². The Hall–Kier alpha value is -0.530. The molecule has 0 aliphatic rings. The Morgan fingerprint density at radius 1 is 1.31 bits per heavy atom. The van der Waals surface area contributed by atoms with E-state index < -0.39 is 6.10 Å². The quantitative estimate of drug-likeness (QED) is 0.725.